The zero-order chi connectivity index (χ0) is 12.6. The van der Waals surface area contributed by atoms with Crippen LogP contribution in [0.4, 0.5) is 0 Å². The fourth-order valence-electron chi connectivity index (χ4n) is 0.820. The van der Waals surface area contributed by atoms with Crippen LogP contribution >= 0.6 is 32.1 Å². The Labute approximate surface area is 98.0 Å². The van der Waals surface area contributed by atoms with Crippen LogP contribution in [0.3, 0.4) is 0 Å². The lowest BCUT2D eigenvalue weighted by atomic mass is 10.4. The highest BCUT2D eigenvalue weighted by Gasteiger charge is 2.32. The van der Waals surface area contributed by atoms with E-state index in [1.165, 1.54) is 13.3 Å². The normalized spacial score (nSPS) is 14.4. The van der Waals surface area contributed by atoms with Crippen molar-refractivity contribution < 1.29 is 26.9 Å². The second-order valence-electron chi connectivity index (χ2n) is 2.86. The zero-order valence-electron chi connectivity index (χ0n) is 9.07. The molecule has 0 heterocycles. The van der Waals surface area contributed by atoms with E-state index in [4.69, 9.17) is 0 Å². The minimum Gasteiger partial charge on any atom is -0.0300 e. The Kier molecular flexibility index (Phi) is 9.55. The van der Waals surface area contributed by atoms with Gasteiger partial charge in [0, 0.05) is 0 Å². The largest absolute Gasteiger partial charge is 0.561 e. The van der Waals surface area contributed by atoms with Crippen LogP contribution < -0.4 is 0 Å². The molecule has 0 amide bonds. The molecule has 10 heteroatoms. The molecular formula is C6H14O6P4+4. The summed E-state index contributed by atoms with van der Waals surface area (Å²) in [6.45, 7) is 2.68. The van der Waals surface area contributed by atoms with E-state index in [2.05, 4.69) is 8.62 Å². The third kappa shape index (κ3) is 10.8. The predicted octanol–water partition coefficient (Wildman–Crippen LogP) is 4.03. The average Bonchev–Trinajstić information content (AvgIpc) is 2.10. The van der Waals surface area contributed by atoms with Gasteiger partial charge in [0.1, 0.15) is 8.62 Å². The van der Waals surface area contributed by atoms with E-state index in [9.17, 15) is 18.3 Å². The summed E-state index contributed by atoms with van der Waals surface area (Å²) in [5.74, 6) is 0. The van der Waals surface area contributed by atoms with E-state index >= 15 is 0 Å². The van der Waals surface area contributed by atoms with E-state index < -0.39 is 32.1 Å². The van der Waals surface area contributed by atoms with Crippen LogP contribution in [0.25, 0.3) is 0 Å². The van der Waals surface area contributed by atoms with Crippen LogP contribution in [0.2, 0.25) is 0 Å². The number of hydrogen-bond donors (Lipinski definition) is 0. The number of hydrogen-bond acceptors (Lipinski definition) is 6. The summed E-state index contributed by atoms with van der Waals surface area (Å²) in [7, 11) is -7.47. The Hall–Kier alpha value is 0.320. The SMILES string of the molecule is C[P+](=O)O[P+](=O)CCCC[P+](=O)O[P+](C)=O. The third-order valence-corrected chi connectivity index (χ3v) is 6.00. The Morgan fingerprint density at radius 3 is 1.31 bits per heavy atom. The first-order valence-electron chi connectivity index (χ1n) is 4.49. The van der Waals surface area contributed by atoms with Crippen molar-refractivity contribution in [3.05, 3.63) is 0 Å². The number of rotatable bonds is 9. The van der Waals surface area contributed by atoms with Gasteiger partial charge < -0.3 is 0 Å². The summed E-state index contributed by atoms with van der Waals surface area (Å²) in [4.78, 5) is 0. The second-order valence-corrected chi connectivity index (χ2v) is 8.15. The smallest absolute Gasteiger partial charge is 0.0300 e. The standard InChI is InChI=1S/C6H14O6P4/c1-13(7)11-15(9)5-3-4-6-16(10)12-14(2)8/h3-6H2,1-2H3/q+4. The fourth-order valence-corrected chi connectivity index (χ4v) is 4.49. The van der Waals surface area contributed by atoms with Crippen molar-refractivity contribution in [3.63, 3.8) is 0 Å². The topological polar surface area (TPSA) is 86.7 Å². The van der Waals surface area contributed by atoms with Crippen LogP contribution in [0.15, 0.2) is 0 Å². The van der Waals surface area contributed by atoms with E-state index in [1.54, 1.807) is 0 Å². The van der Waals surface area contributed by atoms with Crippen LogP contribution in [0.1, 0.15) is 12.8 Å². The van der Waals surface area contributed by atoms with E-state index in [0.717, 1.165) is 0 Å². The molecule has 4 unspecified atom stereocenters. The lowest BCUT2D eigenvalue weighted by molar-refractivity contribution is 0.485. The van der Waals surface area contributed by atoms with Gasteiger partial charge in [-0.3, -0.25) is 0 Å². The molecule has 0 N–H and O–H groups in total. The molecule has 0 rings (SSSR count). The molecule has 16 heavy (non-hydrogen) atoms. The summed E-state index contributed by atoms with van der Waals surface area (Å²) in [6.07, 6.45) is 1.66. The van der Waals surface area contributed by atoms with Crippen LogP contribution in [-0.4, -0.2) is 25.7 Å². The van der Waals surface area contributed by atoms with Gasteiger partial charge in [-0.1, -0.05) is 0 Å². The van der Waals surface area contributed by atoms with Crippen molar-refractivity contribution in [2.75, 3.05) is 25.7 Å². The molecule has 0 fully saturated rings. The Morgan fingerprint density at radius 2 is 1.06 bits per heavy atom. The molecule has 0 aromatic heterocycles. The maximum atomic E-state index is 11.1. The Morgan fingerprint density at radius 1 is 0.750 bits per heavy atom. The maximum Gasteiger partial charge on any atom is 0.561 e. The van der Waals surface area contributed by atoms with E-state index in [-0.39, 0.29) is 12.3 Å². The molecular weight excluding hydrogens is 292 g/mol. The van der Waals surface area contributed by atoms with Gasteiger partial charge in [0.05, 0.1) is 0 Å². The van der Waals surface area contributed by atoms with Crippen LogP contribution in [0, 0.1) is 0 Å². The van der Waals surface area contributed by atoms with Crippen molar-refractivity contribution in [1.82, 2.24) is 0 Å². The lowest BCUT2D eigenvalue weighted by Crippen LogP contribution is -1.84. The highest BCUT2D eigenvalue weighted by molar-refractivity contribution is 7.53. The van der Waals surface area contributed by atoms with Gasteiger partial charge >= 0.3 is 32.1 Å². The minimum atomic E-state index is -1.89. The van der Waals surface area contributed by atoms with Gasteiger partial charge in [-0.25, -0.2) is 0 Å². The molecule has 0 spiro atoms. The van der Waals surface area contributed by atoms with Gasteiger partial charge in [0.2, 0.25) is 0 Å². The molecule has 0 radical (unpaired) electrons. The van der Waals surface area contributed by atoms with Gasteiger partial charge in [0.15, 0.2) is 25.7 Å². The summed E-state index contributed by atoms with van der Waals surface area (Å²) < 4.78 is 52.4. The zero-order valence-corrected chi connectivity index (χ0v) is 12.6. The summed E-state index contributed by atoms with van der Waals surface area (Å²) in [5.41, 5.74) is 0. The van der Waals surface area contributed by atoms with Crippen molar-refractivity contribution in [1.29, 1.82) is 0 Å². The molecule has 0 aliphatic rings. The van der Waals surface area contributed by atoms with Crippen molar-refractivity contribution >= 4 is 32.1 Å². The van der Waals surface area contributed by atoms with Gasteiger partial charge in [0.25, 0.3) is 0 Å². The van der Waals surface area contributed by atoms with Crippen LogP contribution in [0.5, 0.6) is 0 Å². The highest BCUT2D eigenvalue weighted by atomic mass is 31.2. The highest BCUT2D eigenvalue weighted by Crippen LogP contribution is 2.38. The molecule has 6 nitrogen and oxygen atoms in total. The first kappa shape index (κ1) is 16.3. The van der Waals surface area contributed by atoms with Gasteiger partial charge in [-0.15, -0.1) is 0 Å². The minimum absolute atomic E-state index is 0.283. The molecule has 0 saturated carbocycles. The molecule has 0 bridgehead atoms. The maximum absolute atomic E-state index is 11.1. The lowest BCUT2D eigenvalue weighted by Gasteiger charge is -1.81. The number of unbranched alkanes of at least 4 members (excludes halogenated alkanes) is 1. The summed E-state index contributed by atoms with van der Waals surface area (Å²) >= 11 is 0. The van der Waals surface area contributed by atoms with Gasteiger partial charge in [-0.2, -0.15) is 0 Å². The first-order chi connectivity index (χ1) is 7.41. The Balaban J connectivity index is 3.53. The quantitative estimate of drug-likeness (QED) is 0.472. The third-order valence-electron chi connectivity index (χ3n) is 1.34. The van der Waals surface area contributed by atoms with Crippen molar-refractivity contribution in [3.8, 4) is 0 Å². The van der Waals surface area contributed by atoms with Crippen LogP contribution in [-0.2, 0) is 26.9 Å². The second kappa shape index (κ2) is 9.36. The van der Waals surface area contributed by atoms with E-state index in [1.807, 2.05) is 0 Å². The monoisotopic (exact) mass is 306 g/mol. The molecule has 0 aliphatic carbocycles. The molecule has 0 aliphatic heterocycles. The summed E-state index contributed by atoms with van der Waals surface area (Å²) in [5, 5.41) is 0. The fraction of sp³-hybridized carbons (Fsp3) is 1.00. The van der Waals surface area contributed by atoms with Crippen molar-refractivity contribution in [2.24, 2.45) is 0 Å². The predicted molar refractivity (Wildman–Crippen MR) is 63.4 cm³/mol. The molecule has 4 atom stereocenters. The summed E-state index contributed by atoms with van der Waals surface area (Å²) in [6, 6.07) is 0. The van der Waals surface area contributed by atoms with Crippen molar-refractivity contribution in [2.45, 2.75) is 12.8 Å². The first-order valence-corrected chi connectivity index (χ1v) is 10.5. The molecule has 0 aromatic rings. The Bertz CT molecular complexity index is 273. The molecule has 0 aromatic carbocycles. The van der Waals surface area contributed by atoms with Gasteiger partial charge in [-0.05, 0) is 31.1 Å². The van der Waals surface area contributed by atoms with E-state index in [0.29, 0.717) is 12.8 Å². The molecule has 0 saturated heterocycles. The average molecular weight is 306 g/mol. The molecule has 90 valence electrons.